The van der Waals surface area contributed by atoms with Crippen LogP contribution in [0.4, 0.5) is 5.69 Å². The fourth-order valence-electron chi connectivity index (χ4n) is 3.02. The van der Waals surface area contributed by atoms with Gasteiger partial charge in [-0.3, -0.25) is 4.79 Å². The fourth-order valence-corrected chi connectivity index (χ4v) is 4.00. The van der Waals surface area contributed by atoms with Gasteiger partial charge >= 0.3 is 0 Å². The number of piperidine rings is 1. The maximum absolute atomic E-state index is 12.2. The Kier molecular flexibility index (Phi) is 6.86. The van der Waals surface area contributed by atoms with Crippen LogP contribution in [0, 0.1) is 0 Å². The average Bonchev–Trinajstić information content (AvgIpc) is 2.68. The maximum Gasteiger partial charge on any atom is 0.230 e. The lowest BCUT2D eigenvalue weighted by molar-refractivity contribution is -0.119. The van der Waals surface area contributed by atoms with E-state index >= 15 is 0 Å². The number of nitrogens with zero attached hydrogens (tertiary/aromatic N) is 1. The van der Waals surface area contributed by atoms with Crippen LogP contribution in [0.2, 0.25) is 0 Å². The predicted octanol–water partition coefficient (Wildman–Crippen LogP) is 4.34. The molecule has 0 aliphatic carbocycles. The fraction of sp³-hybridized carbons (Fsp3) is 0.350. The Morgan fingerprint density at radius 2 is 1.81 bits per heavy atom. The second kappa shape index (κ2) is 9.33. The summed E-state index contributed by atoms with van der Waals surface area (Å²) < 4.78 is 6.26. The monoisotopic (exact) mass is 434 g/mol. The highest BCUT2D eigenvalue weighted by Gasteiger charge is 2.21. The summed E-state index contributed by atoms with van der Waals surface area (Å²) in [7, 11) is 1.68. The molecule has 138 valence electrons. The van der Waals surface area contributed by atoms with Crippen LogP contribution in [-0.2, 0) is 4.79 Å². The molecule has 0 aromatic heterocycles. The Bertz CT molecular complexity index is 714. The molecule has 6 heteroatoms. The van der Waals surface area contributed by atoms with E-state index in [1.54, 1.807) is 18.9 Å². The lowest BCUT2D eigenvalue weighted by Crippen LogP contribution is -2.45. The number of thioether (sulfide) groups is 1. The van der Waals surface area contributed by atoms with Crippen molar-refractivity contribution in [1.29, 1.82) is 0 Å². The van der Waals surface area contributed by atoms with Gasteiger partial charge in [-0.25, -0.2) is 0 Å². The summed E-state index contributed by atoms with van der Waals surface area (Å²) in [5.41, 5.74) is 1.21. The van der Waals surface area contributed by atoms with E-state index in [1.165, 1.54) is 5.69 Å². The second-order valence-corrected chi connectivity index (χ2v) is 8.23. The Balaban J connectivity index is 1.41. The number of nitrogens with one attached hydrogen (secondary N) is 1. The van der Waals surface area contributed by atoms with Crippen molar-refractivity contribution in [2.75, 3.05) is 30.9 Å². The number of carbonyl (C=O) groups excluding carboxylic acids is 1. The number of methoxy groups -OCH3 is 1. The highest BCUT2D eigenvalue weighted by molar-refractivity contribution is 9.10. The second-order valence-electron chi connectivity index (χ2n) is 6.27. The summed E-state index contributed by atoms with van der Waals surface area (Å²) in [6.45, 7) is 1.91. The molecule has 1 aliphatic heterocycles. The van der Waals surface area contributed by atoms with Crippen molar-refractivity contribution in [1.82, 2.24) is 5.32 Å². The van der Waals surface area contributed by atoms with Crippen molar-refractivity contribution in [3.63, 3.8) is 0 Å². The number of rotatable bonds is 6. The van der Waals surface area contributed by atoms with Gasteiger partial charge in [0.2, 0.25) is 5.91 Å². The summed E-state index contributed by atoms with van der Waals surface area (Å²) in [5.74, 6) is 1.44. The molecule has 3 rings (SSSR count). The molecule has 1 N–H and O–H groups in total. The number of ether oxygens (including phenoxy) is 1. The van der Waals surface area contributed by atoms with E-state index in [0.29, 0.717) is 5.75 Å². The summed E-state index contributed by atoms with van der Waals surface area (Å²) in [6, 6.07) is 16.5. The Labute approximate surface area is 167 Å². The zero-order chi connectivity index (χ0) is 18.4. The quantitative estimate of drug-likeness (QED) is 0.686. The topological polar surface area (TPSA) is 41.6 Å². The van der Waals surface area contributed by atoms with Gasteiger partial charge in [-0.15, -0.1) is 11.8 Å². The molecule has 2 aromatic rings. The zero-order valence-corrected chi connectivity index (χ0v) is 17.2. The first-order chi connectivity index (χ1) is 12.6. The molecular formula is C20H23BrN2O2S. The van der Waals surface area contributed by atoms with Crippen LogP contribution in [0.5, 0.6) is 5.75 Å². The van der Waals surface area contributed by atoms with Gasteiger partial charge < -0.3 is 15.0 Å². The number of carbonyl (C=O) groups is 1. The standard InChI is InChI=1S/C20H23BrN2O2S/c1-25-18-6-4-17(5-7-18)23-12-10-16(11-13-23)22-20(24)14-26-19-8-2-15(21)3-9-19/h2-9,16H,10-14H2,1H3,(H,22,24). The molecule has 2 aromatic carbocycles. The predicted molar refractivity (Wildman–Crippen MR) is 111 cm³/mol. The van der Waals surface area contributed by atoms with E-state index in [-0.39, 0.29) is 11.9 Å². The van der Waals surface area contributed by atoms with Crippen LogP contribution in [-0.4, -0.2) is 37.9 Å². The van der Waals surface area contributed by atoms with Gasteiger partial charge in [0.15, 0.2) is 0 Å². The van der Waals surface area contributed by atoms with Crippen LogP contribution in [0.15, 0.2) is 57.9 Å². The zero-order valence-electron chi connectivity index (χ0n) is 14.8. The van der Waals surface area contributed by atoms with Crippen molar-refractivity contribution < 1.29 is 9.53 Å². The van der Waals surface area contributed by atoms with E-state index in [9.17, 15) is 4.79 Å². The van der Waals surface area contributed by atoms with Gasteiger partial charge in [-0.05, 0) is 61.4 Å². The molecule has 26 heavy (non-hydrogen) atoms. The van der Waals surface area contributed by atoms with Gasteiger partial charge in [0.05, 0.1) is 12.9 Å². The first-order valence-electron chi connectivity index (χ1n) is 8.71. The van der Waals surface area contributed by atoms with E-state index < -0.39 is 0 Å². The third kappa shape index (κ3) is 5.42. The Morgan fingerprint density at radius 1 is 1.15 bits per heavy atom. The summed E-state index contributed by atoms with van der Waals surface area (Å²) in [6.07, 6.45) is 1.95. The lowest BCUT2D eigenvalue weighted by atomic mass is 10.0. The van der Waals surface area contributed by atoms with E-state index in [0.717, 1.165) is 41.0 Å². The molecular weight excluding hydrogens is 412 g/mol. The first kappa shape index (κ1) is 19.1. The summed E-state index contributed by atoms with van der Waals surface area (Å²) >= 11 is 4.99. The normalized spacial score (nSPS) is 14.9. The SMILES string of the molecule is COc1ccc(N2CCC(NC(=O)CSc3ccc(Br)cc3)CC2)cc1. The van der Waals surface area contributed by atoms with E-state index in [1.807, 2.05) is 36.4 Å². The minimum Gasteiger partial charge on any atom is -0.497 e. The third-order valence-corrected chi connectivity index (χ3v) is 6.02. The molecule has 0 radical (unpaired) electrons. The van der Waals surface area contributed by atoms with Crippen LogP contribution >= 0.6 is 27.7 Å². The number of hydrogen-bond donors (Lipinski definition) is 1. The molecule has 4 nitrogen and oxygen atoms in total. The summed E-state index contributed by atoms with van der Waals surface area (Å²) in [4.78, 5) is 15.7. The molecule has 1 fully saturated rings. The largest absolute Gasteiger partial charge is 0.497 e. The van der Waals surface area contributed by atoms with Gasteiger partial charge in [0.25, 0.3) is 0 Å². The Morgan fingerprint density at radius 3 is 2.42 bits per heavy atom. The van der Waals surface area contributed by atoms with Crippen LogP contribution in [0.3, 0.4) is 0 Å². The van der Waals surface area contributed by atoms with Crippen molar-refractivity contribution in [3.05, 3.63) is 53.0 Å². The Hall–Kier alpha value is -1.66. The number of halogens is 1. The van der Waals surface area contributed by atoms with E-state index in [4.69, 9.17) is 4.74 Å². The molecule has 0 saturated carbocycles. The lowest BCUT2D eigenvalue weighted by Gasteiger charge is -2.34. The summed E-state index contributed by atoms with van der Waals surface area (Å²) in [5, 5.41) is 3.18. The van der Waals surface area contributed by atoms with Crippen molar-refractivity contribution in [3.8, 4) is 5.75 Å². The minimum atomic E-state index is 0.112. The van der Waals surface area contributed by atoms with Gasteiger partial charge in [0, 0.05) is 34.2 Å². The maximum atomic E-state index is 12.2. The van der Waals surface area contributed by atoms with Crippen molar-refractivity contribution in [2.24, 2.45) is 0 Å². The smallest absolute Gasteiger partial charge is 0.230 e. The minimum absolute atomic E-state index is 0.112. The molecule has 1 amide bonds. The molecule has 1 heterocycles. The molecule has 0 atom stereocenters. The van der Waals surface area contributed by atoms with Crippen LogP contribution in [0.25, 0.3) is 0 Å². The van der Waals surface area contributed by atoms with Gasteiger partial charge in [0.1, 0.15) is 5.75 Å². The molecule has 0 spiro atoms. The molecule has 0 bridgehead atoms. The molecule has 1 saturated heterocycles. The number of amides is 1. The van der Waals surface area contributed by atoms with Gasteiger partial charge in [-0.1, -0.05) is 15.9 Å². The van der Waals surface area contributed by atoms with Crippen molar-refractivity contribution in [2.45, 2.75) is 23.8 Å². The van der Waals surface area contributed by atoms with Gasteiger partial charge in [-0.2, -0.15) is 0 Å². The van der Waals surface area contributed by atoms with Crippen LogP contribution in [0.1, 0.15) is 12.8 Å². The van der Waals surface area contributed by atoms with Crippen molar-refractivity contribution >= 4 is 39.3 Å². The highest BCUT2D eigenvalue weighted by Crippen LogP contribution is 2.23. The number of hydrogen-bond acceptors (Lipinski definition) is 4. The average molecular weight is 435 g/mol. The third-order valence-electron chi connectivity index (χ3n) is 4.48. The number of benzene rings is 2. The van der Waals surface area contributed by atoms with E-state index in [2.05, 4.69) is 38.3 Å². The first-order valence-corrected chi connectivity index (χ1v) is 10.5. The molecule has 0 unspecified atom stereocenters. The number of anilines is 1. The highest BCUT2D eigenvalue weighted by atomic mass is 79.9. The molecule has 1 aliphatic rings. The van der Waals surface area contributed by atoms with Crippen LogP contribution < -0.4 is 15.0 Å².